The van der Waals surface area contributed by atoms with Crippen LogP contribution >= 0.6 is 0 Å². The van der Waals surface area contributed by atoms with Crippen LogP contribution in [0.5, 0.6) is 5.75 Å². The number of hydrogen-bond acceptors (Lipinski definition) is 4. The van der Waals surface area contributed by atoms with Crippen molar-refractivity contribution in [3.63, 3.8) is 0 Å². The molecule has 2 aromatic carbocycles. The van der Waals surface area contributed by atoms with E-state index in [0.29, 0.717) is 11.3 Å². The first-order valence-corrected chi connectivity index (χ1v) is 13.2. The summed E-state index contributed by atoms with van der Waals surface area (Å²) in [5.74, 6) is -0.122. The van der Waals surface area contributed by atoms with E-state index < -0.39 is 30.0 Å². The van der Waals surface area contributed by atoms with E-state index in [1.54, 1.807) is 50.5 Å². The van der Waals surface area contributed by atoms with Gasteiger partial charge in [0.25, 0.3) is 0 Å². The topological polar surface area (TPSA) is 72.4 Å². The number of aromatic amines is 1. The molecular weight excluding hydrogens is 503 g/mol. The van der Waals surface area contributed by atoms with E-state index >= 15 is 0 Å². The summed E-state index contributed by atoms with van der Waals surface area (Å²) in [6.07, 6.45) is -2.89. The number of hydrogen-bond donors (Lipinski definition) is 3. The van der Waals surface area contributed by atoms with E-state index in [-0.39, 0.29) is 5.75 Å². The minimum absolute atomic E-state index is 0.122. The monoisotopic (exact) mass is 539 g/mol. The maximum absolute atomic E-state index is 14.5. The van der Waals surface area contributed by atoms with Gasteiger partial charge < -0.3 is 15.2 Å². The fourth-order valence-corrected chi connectivity index (χ4v) is 5.34. The number of fused-ring (bicyclic) bond motifs is 1. The van der Waals surface area contributed by atoms with Gasteiger partial charge in [0, 0.05) is 47.7 Å². The number of nitrogens with zero attached hydrogens (tertiary/aromatic N) is 2. The average molecular weight is 540 g/mol. The third kappa shape index (κ3) is 6.28. The van der Waals surface area contributed by atoms with Crippen molar-refractivity contribution < 1.29 is 23.4 Å². The first-order valence-electron chi connectivity index (χ1n) is 13.2. The van der Waals surface area contributed by atoms with Crippen molar-refractivity contribution in [3.8, 4) is 16.9 Å². The largest absolute Gasteiger partial charge is 0.508 e. The standard InChI is InChI=1S/C31H36F3N3O2/c1-5-37(6-2)19-21-9-11-27-24(14-21)15-25(36-27)17-30(39,31(32,33)34)20-29(3,4)26-16-22(10-12-28(26)38)23-8-7-13-35-18-23/h7-16,18,36,38-39H,5-6,17,19-20H2,1-4H3. The summed E-state index contributed by atoms with van der Waals surface area (Å²) >= 11 is 0. The third-order valence-corrected chi connectivity index (χ3v) is 7.51. The molecule has 4 rings (SSSR count). The number of benzene rings is 2. The van der Waals surface area contributed by atoms with Gasteiger partial charge in [-0.25, -0.2) is 0 Å². The molecule has 0 saturated heterocycles. The van der Waals surface area contributed by atoms with Crippen LogP contribution in [0.3, 0.4) is 0 Å². The Hall–Kier alpha value is -3.36. The molecular formula is C31H36F3N3O2. The summed E-state index contributed by atoms with van der Waals surface area (Å²) < 4.78 is 43.4. The molecule has 0 spiro atoms. The molecule has 0 aliphatic carbocycles. The fraction of sp³-hybridized carbons (Fsp3) is 0.387. The number of aromatic nitrogens is 2. The van der Waals surface area contributed by atoms with Crippen LogP contribution in [-0.2, 0) is 18.4 Å². The Morgan fingerprint density at radius 3 is 2.33 bits per heavy atom. The number of phenols is 1. The molecule has 0 saturated carbocycles. The van der Waals surface area contributed by atoms with Gasteiger partial charge in [-0.1, -0.05) is 45.9 Å². The minimum atomic E-state index is -4.90. The lowest BCUT2D eigenvalue weighted by molar-refractivity contribution is -0.266. The minimum Gasteiger partial charge on any atom is -0.508 e. The Kier molecular flexibility index (Phi) is 8.09. The van der Waals surface area contributed by atoms with E-state index in [9.17, 15) is 23.4 Å². The lowest BCUT2D eigenvalue weighted by Gasteiger charge is -2.38. The summed E-state index contributed by atoms with van der Waals surface area (Å²) in [7, 11) is 0. The van der Waals surface area contributed by atoms with Gasteiger partial charge in [0.1, 0.15) is 5.75 Å². The highest BCUT2D eigenvalue weighted by Gasteiger charge is 2.56. The average Bonchev–Trinajstić information content (AvgIpc) is 3.28. The first-order chi connectivity index (χ1) is 18.3. The molecule has 4 aromatic rings. The second kappa shape index (κ2) is 11.0. The lowest BCUT2D eigenvalue weighted by atomic mass is 9.72. The number of pyridine rings is 1. The molecule has 1 unspecified atom stereocenters. The second-order valence-electron chi connectivity index (χ2n) is 10.9. The van der Waals surface area contributed by atoms with E-state index in [2.05, 4.69) is 28.7 Å². The molecule has 2 heterocycles. The molecule has 0 bridgehead atoms. The molecule has 39 heavy (non-hydrogen) atoms. The smallest absolute Gasteiger partial charge is 0.417 e. The molecule has 3 N–H and O–H groups in total. The zero-order valence-corrected chi connectivity index (χ0v) is 22.8. The Morgan fingerprint density at radius 1 is 0.949 bits per heavy atom. The highest BCUT2D eigenvalue weighted by atomic mass is 19.4. The molecule has 0 aliphatic heterocycles. The summed E-state index contributed by atoms with van der Waals surface area (Å²) in [5.41, 5.74) is -0.326. The van der Waals surface area contributed by atoms with Crippen molar-refractivity contribution in [1.29, 1.82) is 0 Å². The Labute approximate surface area is 227 Å². The zero-order valence-electron chi connectivity index (χ0n) is 22.8. The number of H-pyrrole nitrogens is 1. The molecule has 8 heteroatoms. The van der Waals surface area contributed by atoms with Gasteiger partial charge in [0.05, 0.1) is 0 Å². The van der Waals surface area contributed by atoms with Crippen molar-refractivity contribution in [2.45, 2.75) is 64.3 Å². The van der Waals surface area contributed by atoms with E-state index in [0.717, 1.165) is 47.2 Å². The second-order valence-corrected chi connectivity index (χ2v) is 10.9. The number of rotatable bonds is 10. The van der Waals surface area contributed by atoms with Crippen LogP contribution in [0.1, 0.15) is 50.9 Å². The van der Waals surface area contributed by atoms with Gasteiger partial charge in [-0.2, -0.15) is 13.2 Å². The van der Waals surface area contributed by atoms with Gasteiger partial charge in [-0.05, 0) is 77.8 Å². The third-order valence-electron chi connectivity index (χ3n) is 7.51. The number of alkyl halides is 3. The maximum Gasteiger partial charge on any atom is 0.417 e. The van der Waals surface area contributed by atoms with Gasteiger partial charge in [-0.15, -0.1) is 0 Å². The number of halogens is 3. The summed E-state index contributed by atoms with van der Waals surface area (Å²) in [4.78, 5) is 9.43. The first kappa shape index (κ1) is 28.6. The van der Waals surface area contributed by atoms with Gasteiger partial charge in [-0.3, -0.25) is 9.88 Å². The van der Waals surface area contributed by atoms with Crippen LogP contribution in [0.25, 0.3) is 22.0 Å². The van der Waals surface area contributed by atoms with E-state index in [1.807, 2.05) is 24.3 Å². The summed E-state index contributed by atoms with van der Waals surface area (Å²) in [6.45, 7) is 9.96. The maximum atomic E-state index is 14.5. The number of phenolic OH excluding ortho intramolecular Hbond substituents is 1. The molecule has 0 radical (unpaired) electrons. The van der Waals surface area contributed by atoms with E-state index in [4.69, 9.17) is 0 Å². The predicted octanol–water partition coefficient (Wildman–Crippen LogP) is 6.98. The van der Waals surface area contributed by atoms with Crippen LogP contribution in [-0.4, -0.2) is 49.9 Å². The Bertz CT molecular complexity index is 1410. The molecule has 208 valence electrons. The molecule has 2 aromatic heterocycles. The van der Waals surface area contributed by atoms with Crippen molar-refractivity contribution in [1.82, 2.24) is 14.9 Å². The summed E-state index contributed by atoms with van der Waals surface area (Å²) in [5, 5.41) is 22.6. The lowest BCUT2D eigenvalue weighted by Crippen LogP contribution is -2.50. The highest BCUT2D eigenvalue weighted by Crippen LogP contribution is 2.45. The van der Waals surface area contributed by atoms with Gasteiger partial charge in [0.2, 0.25) is 0 Å². The van der Waals surface area contributed by atoms with Crippen LogP contribution < -0.4 is 0 Å². The van der Waals surface area contributed by atoms with Crippen LogP contribution in [0.15, 0.2) is 67.0 Å². The molecule has 0 aliphatic rings. The molecule has 0 amide bonds. The number of aliphatic hydroxyl groups is 1. The zero-order chi connectivity index (χ0) is 28.4. The highest BCUT2D eigenvalue weighted by molar-refractivity contribution is 5.81. The van der Waals surface area contributed by atoms with Gasteiger partial charge >= 0.3 is 6.18 Å². The van der Waals surface area contributed by atoms with Crippen molar-refractivity contribution in [3.05, 3.63) is 83.8 Å². The SMILES string of the molecule is CCN(CC)Cc1ccc2[nH]c(CC(O)(CC(C)(C)c3cc(-c4cccnc4)ccc3O)C(F)(F)F)cc2c1. The summed E-state index contributed by atoms with van der Waals surface area (Å²) in [6, 6.07) is 15.9. The molecule has 5 nitrogen and oxygen atoms in total. The fourth-order valence-electron chi connectivity index (χ4n) is 5.34. The molecule has 1 atom stereocenters. The van der Waals surface area contributed by atoms with Crippen LogP contribution in [0, 0.1) is 0 Å². The van der Waals surface area contributed by atoms with Crippen molar-refractivity contribution in [2.75, 3.05) is 13.1 Å². The van der Waals surface area contributed by atoms with Crippen LogP contribution in [0.2, 0.25) is 0 Å². The number of aromatic hydroxyl groups is 1. The predicted molar refractivity (Wildman–Crippen MR) is 149 cm³/mol. The van der Waals surface area contributed by atoms with Crippen LogP contribution in [0.4, 0.5) is 13.2 Å². The molecule has 0 fully saturated rings. The van der Waals surface area contributed by atoms with E-state index in [1.165, 1.54) is 6.07 Å². The Balaban J connectivity index is 1.64. The Morgan fingerprint density at radius 2 is 1.69 bits per heavy atom. The van der Waals surface area contributed by atoms with Gasteiger partial charge in [0.15, 0.2) is 5.60 Å². The number of nitrogens with one attached hydrogen (secondary N) is 1. The van der Waals surface area contributed by atoms with Crippen molar-refractivity contribution >= 4 is 10.9 Å². The quantitative estimate of drug-likeness (QED) is 0.203. The van der Waals surface area contributed by atoms with Crippen molar-refractivity contribution in [2.24, 2.45) is 0 Å². The normalized spacial score (nSPS) is 14.2.